The summed E-state index contributed by atoms with van der Waals surface area (Å²) in [4.78, 5) is 26.6. The average Bonchev–Trinajstić information content (AvgIpc) is 3.10. The van der Waals surface area contributed by atoms with Gasteiger partial charge in [-0.15, -0.1) is 0 Å². The van der Waals surface area contributed by atoms with Gasteiger partial charge in [0, 0.05) is 37.4 Å². The van der Waals surface area contributed by atoms with Crippen LogP contribution in [0.25, 0.3) is 0 Å². The Bertz CT molecular complexity index is 801. The van der Waals surface area contributed by atoms with Gasteiger partial charge in [0.25, 0.3) is 14.1 Å². The van der Waals surface area contributed by atoms with Crippen LogP contribution in [0.4, 0.5) is 0 Å². The van der Waals surface area contributed by atoms with E-state index in [9.17, 15) is 9.59 Å². The summed E-state index contributed by atoms with van der Waals surface area (Å²) < 4.78 is 22.4. The summed E-state index contributed by atoms with van der Waals surface area (Å²) in [5.41, 5.74) is -0.344. The molecule has 0 bridgehead atoms. The first-order chi connectivity index (χ1) is 14.6. The van der Waals surface area contributed by atoms with Gasteiger partial charge < -0.3 is 13.8 Å². The third kappa shape index (κ3) is 6.72. The van der Waals surface area contributed by atoms with Gasteiger partial charge in [-0.1, -0.05) is 20.3 Å². The van der Waals surface area contributed by atoms with Crippen LogP contribution in [-0.2, 0) is 13.8 Å². The zero-order chi connectivity index (χ0) is 23.3. The summed E-state index contributed by atoms with van der Waals surface area (Å²) in [6, 6.07) is 0.541. The third-order valence-electron chi connectivity index (χ3n) is 5.91. The Morgan fingerprint density at radius 3 is 2.45 bits per heavy atom. The molecule has 1 fully saturated rings. The largest absolute Gasteiger partial charge is 0.352 e. The smallest absolute Gasteiger partial charge is 0.330 e. The SMILES string of the molecule is CCC(C)CCC1OC(n2cc(C)c(=O)[nH]c2=O)CC1OP(OC)N(C(C)C)C(C)C. The van der Waals surface area contributed by atoms with Crippen LogP contribution in [0.3, 0.4) is 0 Å². The molecular weight excluding hydrogens is 417 g/mol. The van der Waals surface area contributed by atoms with E-state index in [-0.39, 0.29) is 29.9 Å². The number of nitrogens with one attached hydrogen (secondary N) is 1. The van der Waals surface area contributed by atoms with E-state index in [1.807, 2.05) is 0 Å². The Kier molecular flexibility index (Phi) is 9.90. The molecule has 31 heavy (non-hydrogen) atoms. The van der Waals surface area contributed by atoms with E-state index in [0.717, 1.165) is 19.3 Å². The quantitative estimate of drug-likeness (QED) is 0.498. The van der Waals surface area contributed by atoms with Gasteiger partial charge in [-0.3, -0.25) is 14.3 Å². The maximum atomic E-state index is 12.4. The summed E-state index contributed by atoms with van der Waals surface area (Å²) in [6.07, 6.45) is 4.28. The summed E-state index contributed by atoms with van der Waals surface area (Å²) >= 11 is 0. The monoisotopic (exact) mass is 457 g/mol. The van der Waals surface area contributed by atoms with Gasteiger partial charge in [0.05, 0.1) is 12.2 Å². The number of rotatable bonds is 11. The average molecular weight is 458 g/mol. The molecule has 1 aromatic heterocycles. The number of hydrogen-bond acceptors (Lipinski definition) is 6. The lowest BCUT2D eigenvalue weighted by molar-refractivity contribution is -0.0246. The van der Waals surface area contributed by atoms with Crippen LogP contribution in [0.15, 0.2) is 15.8 Å². The van der Waals surface area contributed by atoms with Gasteiger partial charge in [0.1, 0.15) is 6.23 Å². The number of ether oxygens (including phenoxy) is 1. The van der Waals surface area contributed by atoms with Crippen LogP contribution in [0.2, 0.25) is 0 Å². The number of nitrogens with zero attached hydrogens (tertiary/aromatic N) is 2. The Morgan fingerprint density at radius 1 is 1.26 bits per heavy atom. The molecule has 5 atom stereocenters. The number of H-pyrrole nitrogens is 1. The van der Waals surface area contributed by atoms with Crippen molar-refractivity contribution in [2.24, 2.45) is 5.92 Å². The van der Waals surface area contributed by atoms with Crippen LogP contribution in [0, 0.1) is 12.8 Å². The van der Waals surface area contributed by atoms with Crippen molar-refractivity contribution >= 4 is 8.53 Å². The molecule has 1 aliphatic rings. The summed E-state index contributed by atoms with van der Waals surface area (Å²) in [7, 11) is 0.414. The normalized spacial score (nSPS) is 23.8. The van der Waals surface area contributed by atoms with Crippen molar-refractivity contribution < 1.29 is 13.8 Å². The fourth-order valence-electron chi connectivity index (χ4n) is 3.97. The highest BCUT2D eigenvalue weighted by Crippen LogP contribution is 2.49. The second-order valence-corrected chi connectivity index (χ2v) is 10.6. The van der Waals surface area contributed by atoms with E-state index in [2.05, 4.69) is 51.2 Å². The number of hydrogen-bond donors (Lipinski definition) is 1. The molecule has 2 rings (SSSR count). The molecule has 1 N–H and O–H groups in total. The standard InChI is InChI=1S/C22H40N3O5P/c1-9-16(6)10-11-18-19(30-31(28-8)25(14(2)3)15(4)5)12-20(29-18)24-13-17(7)21(26)23-22(24)27/h13-16,18-20H,9-12H2,1-8H3,(H,23,26,27). The topological polar surface area (TPSA) is 85.8 Å². The highest BCUT2D eigenvalue weighted by atomic mass is 31.2. The lowest BCUT2D eigenvalue weighted by Crippen LogP contribution is -2.35. The van der Waals surface area contributed by atoms with Crippen molar-refractivity contribution in [2.75, 3.05) is 7.11 Å². The van der Waals surface area contributed by atoms with Crippen molar-refractivity contribution in [1.82, 2.24) is 14.2 Å². The molecular formula is C22H40N3O5P. The summed E-state index contributed by atoms with van der Waals surface area (Å²) in [5, 5.41) is 0. The first-order valence-electron chi connectivity index (χ1n) is 11.4. The summed E-state index contributed by atoms with van der Waals surface area (Å²) in [5.74, 6) is 0.591. The lowest BCUT2D eigenvalue weighted by atomic mass is 9.98. The van der Waals surface area contributed by atoms with Crippen LogP contribution in [-0.4, -0.2) is 45.6 Å². The van der Waals surface area contributed by atoms with Gasteiger partial charge in [-0.05, 0) is 53.4 Å². The predicted octanol–water partition coefficient (Wildman–Crippen LogP) is 4.34. The minimum absolute atomic E-state index is 0.139. The molecule has 9 heteroatoms. The van der Waals surface area contributed by atoms with E-state index >= 15 is 0 Å². The second kappa shape index (κ2) is 11.7. The molecule has 1 saturated heterocycles. The molecule has 5 unspecified atom stereocenters. The minimum Gasteiger partial charge on any atom is -0.352 e. The zero-order valence-electron chi connectivity index (χ0n) is 20.3. The van der Waals surface area contributed by atoms with Gasteiger partial charge in [-0.2, -0.15) is 0 Å². The Balaban J connectivity index is 2.27. The van der Waals surface area contributed by atoms with E-state index in [1.165, 1.54) is 4.57 Å². The highest BCUT2D eigenvalue weighted by Gasteiger charge is 2.41. The van der Waals surface area contributed by atoms with E-state index in [0.29, 0.717) is 17.9 Å². The molecule has 0 spiro atoms. The molecule has 2 heterocycles. The fourth-order valence-corrected chi connectivity index (χ4v) is 5.56. The Hall–Kier alpha value is -1.05. The predicted molar refractivity (Wildman–Crippen MR) is 124 cm³/mol. The van der Waals surface area contributed by atoms with Crippen molar-refractivity contribution in [1.29, 1.82) is 0 Å². The zero-order valence-corrected chi connectivity index (χ0v) is 21.1. The van der Waals surface area contributed by atoms with Gasteiger partial charge in [0.2, 0.25) is 0 Å². The molecule has 178 valence electrons. The number of aromatic amines is 1. The number of aryl methyl sites for hydroxylation is 1. The van der Waals surface area contributed by atoms with Crippen molar-refractivity contribution in [3.05, 3.63) is 32.6 Å². The maximum Gasteiger partial charge on any atom is 0.330 e. The molecule has 0 aromatic carbocycles. The highest BCUT2D eigenvalue weighted by molar-refractivity contribution is 7.44. The molecule has 0 aliphatic carbocycles. The first-order valence-corrected chi connectivity index (χ1v) is 12.5. The molecule has 0 saturated carbocycles. The van der Waals surface area contributed by atoms with Crippen LogP contribution in [0.5, 0.6) is 0 Å². The molecule has 1 aromatic rings. The first kappa shape index (κ1) is 26.2. The van der Waals surface area contributed by atoms with Crippen molar-refractivity contribution in [3.63, 3.8) is 0 Å². The Labute approximate surface area is 187 Å². The van der Waals surface area contributed by atoms with Crippen molar-refractivity contribution in [3.8, 4) is 0 Å². The van der Waals surface area contributed by atoms with Gasteiger partial charge >= 0.3 is 5.69 Å². The van der Waals surface area contributed by atoms with E-state index < -0.39 is 20.4 Å². The van der Waals surface area contributed by atoms with Gasteiger partial charge in [0.15, 0.2) is 0 Å². The fraction of sp³-hybridized carbons (Fsp3) is 0.818. The lowest BCUT2D eigenvalue weighted by Gasteiger charge is -2.36. The Morgan fingerprint density at radius 2 is 1.90 bits per heavy atom. The third-order valence-corrected chi connectivity index (χ3v) is 7.97. The minimum atomic E-state index is -1.27. The molecule has 1 aliphatic heterocycles. The second-order valence-electron chi connectivity index (χ2n) is 9.07. The van der Waals surface area contributed by atoms with Crippen LogP contribution >= 0.6 is 8.53 Å². The van der Waals surface area contributed by atoms with Gasteiger partial charge in [-0.25, -0.2) is 9.46 Å². The van der Waals surface area contributed by atoms with Crippen molar-refractivity contribution in [2.45, 2.75) is 105 Å². The summed E-state index contributed by atoms with van der Waals surface area (Å²) in [6.45, 7) is 14.6. The van der Waals surface area contributed by atoms with Crippen LogP contribution < -0.4 is 11.2 Å². The maximum absolute atomic E-state index is 12.4. The van der Waals surface area contributed by atoms with E-state index in [1.54, 1.807) is 20.2 Å². The van der Waals surface area contributed by atoms with Crippen LogP contribution in [0.1, 0.15) is 79.0 Å². The number of aromatic nitrogens is 2. The molecule has 0 radical (unpaired) electrons. The molecule has 0 amide bonds. The molecule has 8 nitrogen and oxygen atoms in total. The van der Waals surface area contributed by atoms with E-state index in [4.69, 9.17) is 13.8 Å².